The van der Waals surface area contributed by atoms with Gasteiger partial charge in [0.1, 0.15) is 41.0 Å². The number of aliphatic hydroxyl groups excluding tert-OH is 3. The van der Waals surface area contributed by atoms with Gasteiger partial charge in [0.25, 0.3) is 0 Å². The zero-order chi connectivity index (χ0) is 24.7. The molecular weight excluding hydrogens is 456 g/mol. The molecule has 12 nitrogen and oxygen atoms in total. The molecule has 0 aliphatic carbocycles. The van der Waals surface area contributed by atoms with E-state index in [4.69, 9.17) is 18.6 Å². The highest BCUT2D eigenvalue weighted by Crippen LogP contribution is 2.42. The minimum atomic E-state index is -1.93. The molecular formula is C22H20O12. The minimum Gasteiger partial charge on any atom is -0.508 e. The van der Waals surface area contributed by atoms with Gasteiger partial charge in [0.2, 0.25) is 12.0 Å². The van der Waals surface area contributed by atoms with Gasteiger partial charge >= 0.3 is 5.97 Å². The second-order valence-corrected chi connectivity index (χ2v) is 7.51. The first kappa shape index (κ1) is 23.3. The summed E-state index contributed by atoms with van der Waals surface area (Å²) in [4.78, 5) is 24.1. The minimum absolute atomic E-state index is 0.00388. The maximum atomic E-state index is 12.7. The average molecular weight is 476 g/mol. The number of hydrogen-bond donors (Lipinski definition) is 6. The Bertz CT molecular complexity index is 1280. The molecule has 0 amide bonds. The Morgan fingerprint density at radius 1 is 1.00 bits per heavy atom. The number of hydrogen-bond acceptors (Lipinski definition) is 11. The molecule has 1 fully saturated rings. The highest BCUT2D eigenvalue weighted by molar-refractivity contribution is 5.91. The number of ether oxygens (including phenoxy) is 3. The predicted octanol–water partition coefficient (Wildman–Crippen LogP) is 0.151. The lowest BCUT2D eigenvalue weighted by atomic mass is 9.99. The number of carboxylic acid groups (broad SMARTS) is 1. The molecule has 0 saturated carbocycles. The third-order valence-electron chi connectivity index (χ3n) is 5.31. The number of carbonyl (C=O) groups is 1. The number of carboxylic acids is 1. The molecule has 5 atom stereocenters. The molecule has 12 heteroatoms. The van der Waals surface area contributed by atoms with Gasteiger partial charge in [-0.2, -0.15) is 0 Å². The Morgan fingerprint density at radius 3 is 2.29 bits per heavy atom. The first-order valence-corrected chi connectivity index (χ1v) is 9.88. The van der Waals surface area contributed by atoms with Gasteiger partial charge in [-0.05, 0) is 24.3 Å². The van der Waals surface area contributed by atoms with Gasteiger partial charge in [-0.15, -0.1) is 0 Å². The van der Waals surface area contributed by atoms with Crippen LogP contribution >= 0.6 is 0 Å². The molecule has 1 aliphatic heterocycles. The highest BCUT2D eigenvalue weighted by Gasteiger charge is 2.48. The van der Waals surface area contributed by atoms with Crippen LogP contribution in [0.4, 0.5) is 0 Å². The second-order valence-electron chi connectivity index (χ2n) is 7.51. The van der Waals surface area contributed by atoms with E-state index >= 15 is 0 Å². The van der Waals surface area contributed by atoms with Crippen LogP contribution in [0.25, 0.3) is 22.3 Å². The first-order valence-electron chi connectivity index (χ1n) is 9.88. The fraction of sp³-hybridized carbons (Fsp3) is 0.273. The summed E-state index contributed by atoms with van der Waals surface area (Å²) in [6.07, 6.45) is -9.42. The number of fused-ring (bicyclic) bond motifs is 1. The molecule has 0 radical (unpaired) electrons. The largest absolute Gasteiger partial charge is 0.508 e. The molecule has 6 N–H and O–H groups in total. The van der Waals surface area contributed by atoms with Gasteiger partial charge in [0.05, 0.1) is 7.11 Å². The van der Waals surface area contributed by atoms with E-state index < -0.39 is 47.9 Å². The smallest absolute Gasteiger partial charge is 0.335 e. The number of rotatable bonds is 5. The topological polar surface area (TPSA) is 196 Å². The molecule has 3 aromatic rings. The summed E-state index contributed by atoms with van der Waals surface area (Å²) in [5.41, 5.74) is -0.420. The van der Waals surface area contributed by atoms with Crippen LogP contribution in [-0.2, 0) is 9.53 Å². The van der Waals surface area contributed by atoms with Gasteiger partial charge in [-0.25, -0.2) is 4.79 Å². The van der Waals surface area contributed by atoms with Gasteiger partial charge in [0, 0.05) is 17.7 Å². The standard InChI is InChI=1S/C22H20O12/c1-31-18-13(33-22-17(28)15(26)16(27)20(34-22)21(29)30)7-11(25)14-10(24)6-12(32-19(14)18)8-2-4-9(23)5-3-8/h2-7,15-17,20,22-23,25-28H,1H3,(H,29,30)/t15-,16-,17+,20-,22+/m0/s1. The Morgan fingerprint density at radius 2 is 1.68 bits per heavy atom. The third-order valence-corrected chi connectivity index (χ3v) is 5.31. The monoisotopic (exact) mass is 476 g/mol. The number of benzene rings is 2. The number of methoxy groups -OCH3 is 1. The highest BCUT2D eigenvalue weighted by atomic mass is 16.7. The Balaban J connectivity index is 1.81. The lowest BCUT2D eigenvalue weighted by Crippen LogP contribution is -2.61. The van der Waals surface area contributed by atoms with E-state index in [2.05, 4.69) is 0 Å². The average Bonchev–Trinajstić information content (AvgIpc) is 2.79. The van der Waals surface area contributed by atoms with Crippen molar-refractivity contribution in [2.75, 3.05) is 7.11 Å². The van der Waals surface area contributed by atoms with Gasteiger partial charge in [-0.3, -0.25) is 4.79 Å². The van der Waals surface area contributed by atoms with Crippen molar-refractivity contribution in [2.24, 2.45) is 0 Å². The molecule has 0 unspecified atom stereocenters. The van der Waals surface area contributed by atoms with Crippen molar-refractivity contribution >= 4 is 16.9 Å². The lowest BCUT2D eigenvalue weighted by Gasteiger charge is -2.38. The zero-order valence-electron chi connectivity index (χ0n) is 17.5. The van der Waals surface area contributed by atoms with Crippen LogP contribution in [0, 0.1) is 0 Å². The Labute approximate surface area is 190 Å². The summed E-state index contributed by atoms with van der Waals surface area (Å²) >= 11 is 0. The van der Waals surface area contributed by atoms with Crippen molar-refractivity contribution in [3.05, 3.63) is 46.6 Å². The molecule has 4 rings (SSSR count). The fourth-order valence-electron chi connectivity index (χ4n) is 3.59. The summed E-state index contributed by atoms with van der Waals surface area (Å²) in [7, 11) is 1.21. The molecule has 1 aliphatic rings. The Hall–Kier alpha value is -3.84. The SMILES string of the molecule is COc1c(O[C@@H]2O[C@H](C(=O)O)[C@@H](O)[C@H](O)[C@H]2O)cc(O)c2c(=O)cc(-c3ccc(O)cc3)oc12. The van der Waals surface area contributed by atoms with Crippen LogP contribution in [0.1, 0.15) is 0 Å². The third kappa shape index (κ3) is 3.99. The van der Waals surface area contributed by atoms with Crippen LogP contribution < -0.4 is 14.9 Å². The van der Waals surface area contributed by atoms with Crippen LogP contribution in [-0.4, -0.2) is 74.4 Å². The molecule has 34 heavy (non-hydrogen) atoms. The summed E-state index contributed by atoms with van der Waals surface area (Å²) < 4.78 is 21.7. The van der Waals surface area contributed by atoms with Crippen molar-refractivity contribution in [3.63, 3.8) is 0 Å². The number of phenols is 2. The number of phenolic OH excluding ortho intramolecular Hbond substituents is 2. The quantitative estimate of drug-likeness (QED) is 0.292. The summed E-state index contributed by atoms with van der Waals surface area (Å²) in [6, 6.07) is 7.87. The van der Waals surface area contributed by atoms with Crippen LogP contribution in [0.5, 0.6) is 23.0 Å². The lowest BCUT2D eigenvalue weighted by molar-refractivity contribution is -0.271. The van der Waals surface area contributed by atoms with E-state index in [0.29, 0.717) is 5.56 Å². The van der Waals surface area contributed by atoms with Crippen molar-refractivity contribution in [2.45, 2.75) is 30.7 Å². The molecule has 1 saturated heterocycles. The molecule has 180 valence electrons. The number of aliphatic carboxylic acids is 1. The molecule has 0 spiro atoms. The second kappa shape index (κ2) is 8.83. The summed E-state index contributed by atoms with van der Waals surface area (Å²) in [5.74, 6) is -2.62. The molecule has 0 bridgehead atoms. The van der Waals surface area contributed by atoms with Crippen molar-refractivity contribution in [1.29, 1.82) is 0 Å². The molecule has 2 aromatic carbocycles. The van der Waals surface area contributed by atoms with Crippen LogP contribution in [0.15, 0.2) is 45.6 Å². The van der Waals surface area contributed by atoms with Crippen molar-refractivity contribution in [1.82, 2.24) is 0 Å². The molecule has 1 aromatic heterocycles. The van der Waals surface area contributed by atoms with Crippen molar-refractivity contribution in [3.8, 4) is 34.3 Å². The maximum absolute atomic E-state index is 12.7. The summed E-state index contributed by atoms with van der Waals surface area (Å²) in [6.45, 7) is 0. The van der Waals surface area contributed by atoms with Crippen LogP contribution in [0.3, 0.4) is 0 Å². The van der Waals surface area contributed by atoms with Gasteiger partial charge in [-0.1, -0.05) is 0 Å². The van der Waals surface area contributed by atoms with Gasteiger partial charge < -0.3 is 49.3 Å². The Kier molecular flexibility index (Phi) is 6.06. The van der Waals surface area contributed by atoms with E-state index in [-0.39, 0.29) is 34.0 Å². The van der Waals surface area contributed by atoms with E-state index in [1.54, 1.807) is 0 Å². The first-order chi connectivity index (χ1) is 16.1. The zero-order valence-corrected chi connectivity index (χ0v) is 17.5. The number of aromatic hydroxyl groups is 2. The predicted molar refractivity (Wildman–Crippen MR) is 113 cm³/mol. The normalized spacial score (nSPS) is 24.6. The van der Waals surface area contributed by atoms with Crippen molar-refractivity contribution < 1.29 is 54.1 Å². The van der Waals surface area contributed by atoms with E-state index in [9.17, 15) is 40.2 Å². The van der Waals surface area contributed by atoms with Gasteiger partial charge in [0.15, 0.2) is 22.9 Å². The maximum Gasteiger partial charge on any atom is 0.335 e. The van der Waals surface area contributed by atoms with E-state index in [1.165, 1.54) is 31.4 Å². The number of aliphatic hydroxyl groups is 3. The van der Waals surface area contributed by atoms with Crippen LogP contribution in [0.2, 0.25) is 0 Å². The fourth-order valence-corrected chi connectivity index (χ4v) is 3.59. The van der Waals surface area contributed by atoms with E-state index in [0.717, 1.165) is 12.1 Å². The van der Waals surface area contributed by atoms with E-state index in [1.807, 2.05) is 0 Å². The molecule has 2 heterocycles. The summed E-state index contributed by atoms with van der Waals surface area (Å²) in [5, 5.41) is 59.0.